The second-order valence-corrected chi connectivity index (χ2v) is 9.17. The summed E-state index contributed by atoms with van der Waals surface area (Å²) in [5, 5.41) is 20.2. The number of nitrogens with one attached hydrogen (secondary N) is 1. The molecule has 0 aliphatic carbocycles. The molecule has 0 aromatic carbocycles. The highest BCUT2D eigenvalue weighted by Crippen LogP contribution is 2.17. The maximum Gasteiger partial charge on any atom is 0.372 e. The van der Waals surface area contributed by atoms with Gasteiger partial charge in [0.05, 0.1) is 5.92 Å². The normalized spacial score (nSPS) is 11.7. The molecule has 0 aromatic rings. The van der Waals surface area contributed by atoms with Gasteiger partial charge in [-0.25, -0.2) is 4.79 Å². The van der Waals surface area contributed by atoms with E-state index < -0.39 is 23.6 Å². The molecule has 196 valence electrons. The zero-order valence-electron chi connectivity index (χ0n) is 20.9. The Bertz CT molecular complexity index is 618. The molecule has 34 heavy (non-hydrogen) atoms. The van der Waals surface area contributed by atoms with Gasteiger partial charge in [-0.1, -0.05) is 77.0 Å². The largest absolute Gasteiger partial charge is 0.481 e. The van der Waals surface area contributed by atoms with Crippen LogP contribution in [0.4, 0.5) is 0 Å². The zero-order chi connectivity index (χ0) is 25.6. The molecule has 0 radical (unpaired) electrons. The molecule has 0 saturated heterocycles. The number of hydrogen-bond acceptors (Lipinski definition) is 5. The van der Waals surface area contributed by atoms with Crippen molar-refractivity contribution in [3.63, 3.8) is 0 Å². The van der Waals surface area contributed by atoms with E-state index in [9.17, 15) is 29.1 Å². The molecule has 0 aromatic heterocycles. The number of carboxylic acids is 2. The molecule has 0 aliphatic rings. The van der Waals surface area contributed by atoms with E-state index in [1.165, 1.54) is 45.6 Å². The van der Waals surface area contributed by atoms with Crippen molar-refractivity contribution in [2.75, 3.05) is 7.05 Å². The summed E-state index contributed by atoms with van der Waals surface area (Å²) in [5.41, 5.74) is 0. The van der Waals surface area contributed by atoms with Crippen molar-refractivity contribution in [3.05, 3.63) is 0 Å². The Morgan fingerprint density at radius 1 is 0.618 bits per heavy atom. The van der Waals surface area contributed by atoms with Gasteiger partial charge in [0.2, 0.25) is 11.7 Å². The standard InChI is InChI=1S/C26H45NO7/c1-27-24(30)19-18-21(25(31)32)20-22(28)16-14-12-10-8-6-4-2-3-5-7-9-11-13-15-17-23(29)26(33)34/h21H,2-20H2,1H3,(H,27,30)(H,31,32)(H,33,34)/t21-/m1/s1. The molecule has 0 rings (SSSR count). The van der Waals surface area contributed by atoms with Crippen molar-refractivity contribution in [2.24, 2.45) is 5.92 Å². The van der Waals surface area contributed by atoms with E-state index in [1.54, 1.807) is 0 Å². The average molecular weight is 484 g/mol. The summed E-state index contributed by atoms with van der Waals surface area (Å²) in [6.45, 7) is 0. The summed E-state index contributed by atoms with van der Waals surface area (Å²) in [5.74, 6) is -4.04. The first-order valence-electron chi connectivity index (χ1n) is 13.0. The molecule has 0 spiro atoms. The number of amides is 1. The lowest BCUT2D eigenvalue weighted by Gasteiger charge is -2.11. The Labute approximate surface area is 204 Å². The van der Waals surface area contributed by atoms with Crippen molar-refractivity contribution < 1.29 is 34.2 Å². The molecular formula is C26H45NO7. The minimum atomic E-state index is -1.33. The number of Topliss-reactive ketones (excluding diaryl/α,β-unsaturated/α-hetero) is 2. The van der Waals surface area contributed by atoms with Gasteiger partial charge in [-0.2, -0.15) is 0 Å². The predicted octanol–water partition coefficient (Wildman–Crippen LogP) is 5.07. The highest BCUT2D eigenvalue weighted by Gasteiger charge is 2.21. The van der Waals surface area contributed by atoms with Crippen LogP contribution in [-0.4, -0.2) is 46.7 Å². The van der Waals surface area contributed by atoms with Gasteiger partial charge in [-0.05, 0) is 19.3 Å². The Morgan fingerprint density at radius 3 is 1.41 bits per heavy atom. The SMILES string of the molecule is CNC(=O)CC[C@H](CC(=O)CCCCCCCCCCCCCCCCC(=O)C(=O)O)C(=O)O. The number of rotatable bonds is 24. The lowest BCUT2D eigenvalue weighted by molar-refractivity contribution is -0.149. The van der Waals surface area contributed by atoms with Gasteiger partial charge in [0.15, 0.2) is 0 Å². The monoisotopic (exact) mass is 483 g/mol. The number of hydrogen-bond donors (Lipinski definition) is 3. The van der Waals surface area contributed by atoms with Gasteiger partial charge in [-0.3, -0.25) is 19.2 Å². The zero-order valence-corrected chi connectivity index (χ0v) is 20.9. The molecule has 1 atom stereocenters. The van der Waals surface area contributed by atoms with Crippen LogP contribution < -0.4 is 5.32 Å². The second kappa shape index (κ2) is 21.3. The molecule has 8 nitrogen and oxygen atoms in total. The Balaban J connectivity index is 3.49. The van der Waals surface area contributed by atoms with E-state index in [0.717, 1.165) is 44.9 Å². The minimum Gasteiger partial charge on any atom is -0.481 e. The van der Waals surface area contributed by atoms with E-state index in [-0.39, 0.29) is 37.4 Å². The highest BCUT2D eigenvalue weighted by molar-refractivity contribution is 6.32. The van der Waals surface area contributed by atoms with Gasteiger partial charge in [0, 0.05) is 32.7 Å². The van der Waals surface area contributed by atoms with Gasteiger partial charge in [0.1, 0.15) is 5.78 Å². The van der Waals surface area contributed by atoms with E-state index in [4.69, 9.17) is 5.11 Å². The molecule has 0 unspecified atom stereocenters. The Kier molecular flexibility index (Phi) is 19.9. The fraction of sp³-hybridized carbons (Fsp3) is 0.808. The molecule has 0 saturated carbocycles. The Hall–Kier alpha value is -2.25. The van der Waals surface area contributed by atoms with Crippen molar-refractivity contribution in [1.29, 1.82) is 0 Å². The maximum atomic E-state index is 12.1. The lowest BCUT2D eigenvalue weighted by Crippen LogP contribution is -2.23. The topological polar surface area (TPSA) is 138 Å². The first-order valence-corrected chi connectivity index (χ1v) is 13.0. The van der Waals surface area contributed by atoms with Crippen LogP contribution in [0.1, 0.15) is 122 Å². The number of carboxylic acid groups (broad SMARTS) is 2. The van der Waals surface area contributed by atoms with Gasteiger partial charge in [0.25, 0.3) is 0 Å². The lowest BCUT2D eigenvalue weighted by atomic mass is 9.94. The smallest absolute Gasteiger partial charge is 0.372 e. The van der Waals surface area contributed by atoms with Crippen LogP contribution in [0, 0.1) is 5.92 Å². The van der Waals surface area contributed by atoms with Crippen LogP contribution in [0.25, 0.3) is 0 Å². The summed E-state index contributed by atoms with van der Waals surface area (Å²) in [7, 11) is 1.51. The van der Waals surface area contributed by atoms with Gasteiger partial charge in [-0.15, -0.1) is 0 Å². The fourth-order valence-corrected chi connectivity index (χ4v) is 3.96. The van der Waals surface area contributed by atoms with Crippen LogP contribution in [-0.2, 0) is 24.0 Å². The molecule has 8 heteroatoms. The van der Waals surface area contributed by atoms with E-state index in [2.05, 4.69) is 5.32 Å². The second-order valence-electron chi connectivity index (χ2n) is 9.17. The van der Waals surface area contributed by atoms with Crippen molar-refractivity contribution in [1.82, 2.24) is 5.32 Å². The molecule has 0 bridgehead atoms. The molecular weight excluding hydrogens is 438 g/mol. The molecule has 0 heterocycles. The molecule has 3 N–H and O–H groups in total. The number of carbonyl (C=O) groups excluding carboxylic acids is 3. The molecule has 1 amide bonds. The molecule has 0 fully saturated rings. The summed E-state index contributed by atoms with van der Waals surface area (Å²) in [4.78, 5) is 56.0. The third kappa shape index (κ3) is 19.2. The van der Waals surface area contributed by atoms with Crippen LogP contribution in [0.2, 0.25) is 0 Å². The summed E-state index contributed by atoms with van der Waals surface area (Å²) >= 11 is 0. The summed E-state index contributed by atoms with van der Waals surface area (Å²) < 4.78 is 0. The fourth-order valence-electron chi connectivity index (χ4n) is 3.96. The third-order valence-corrected chi connectivity index (χ3v) is 6.17. The quantitative estimate of drug-likeness (QED) is 0.129. The van der Waals surface area contributed by atoms with Gasteiger partial charge < -0.3 is 15.5 Å². The van der Waals surface area contributed by atoms with Crippen molar-refractivity contribution >= 4 is 29.4 Å². The van der Waals surface area contributed by atoms with E-state index in [0.29, 0.717) is 12.8 Å². The van der Waals surface area contributed by atoms with Crippen molar-refractivity contribution in [2.45, 2.75) is 122 Å². The number of carbonyl (C=O) groups is 5. The first kappa shape index (κ1) is 31.8. The number of ketones is 2. The van der Waals surface area contributed by atoms with E-state index >= 15 is 0 Å². The van der Waals surface area contributed by atoms with Crippen LogP contribution in [0.15, 0.2) is 0 Å². The van der Waals surface area contributed by atoms with Gasteiger partial charge >= 0.3 is 11.9 Å². The van der Waals surface area contributed by atoms with E-state index in [1.807, 2.05) is 0 Å². The molecule has 0 aliphatic heterocycles. The highest BCUT2D eigenvalue weighted by atomic mass is 16.4. The maximum absolute atomic E-state index is 12.1. The van der Waals surface area contributed by atoms with Crippen molar-refractivity contribution in [3.8, 4) is 0 Å². The average Bonchev–Trinajstić information content (AvgIpc) is 2.80. The third-order valence-electron chi connectivity index (χ3n) is 6.17. The number of aliphatic carboxylic acids is 2. The predicted molar refractivity (Wildman–Crippen MR) is 131 cm³/mol. The summed E-state index contributed by atoms with van der Waals surface area (Å²) in [6, 6.07) is 0. The first-order chi connectivity index (χ1) is 16.3. The van der Waals surface area contributed by atoms with Crippen LogP contribution in [0.5, 0.6) is 0 Å². The van der Waals surface area contributed by atoms with Crippen LogP contribution in [0.3, 0.4) is 0 Å². The summed E-state index contributed by atoms with van der Waals surface area (Å²) in [6.07, 6.45) is 16.0. The Morgan fingerprint density at radius 2 is 1.03 bits per heavy atom. The van der Waals surface area contributed by atoms with Crippen LogP contribution >= 0.6 is 0 Å². The minimum absolute atomic E-state index is 0.0106. The number of unbranched alkanes of at least 4 members (excludes halogenated alkanes) is 13.